The zero-order chi connectivity index (χ0) is 18.6. The molecule has 0 unspecified atom stereocenters. The lowest BCUT2D eigenvalue weighted by molar-refractivity contribution is -0.123. The number of nitrogens with one attached hydrogen (secondary N) is 1. The van der Waals surface area contributed by atoms with Crippen molar-refractivity contribution >= 4 is 33.5 Å². The van der Waals surface area contributed by atoms with Gasteiger partial charge in [-0.05, 0) is 58.6 Å². The minimum absolute atomic E-state index is 0.0298. The number of carbonyl (C=O) groups is 2. The summed E-state index contributed by atoms with van der Waals surface area (Å²) in [6, 6.07) is 11.1. The minimum Gasteiger partial charge on any atom is -0.449 e. The number of hydrogen-bond acceptors (Lipinski definition) is 3. The molecular weight excluding hydrogens is 389 g/mol. The summed E-state index contributed by atoms with van der Waals surface area (Å²) in [6.45, 7) is 5.52. The quantitative estimate of drug-likeness (QED) is 0.717. The number of carbonyl (C=O) groups excluding carboxylic acids is 2. The van der Waals surface area contributed by atoms with Gasteiger partial charge in [-0.15, -0.1) is 0 Å². The van der Waals surface area contributed by atoms with E-state index in [1.807, 2.05) is 32.0 Å². The molecule has 1 amide bonds. The van der Waals surface area contributed by atoms with E-state index >= 15 is 0 Å². The van der Waals surface area contributed by atoms with E-state index in [0.29, 0.717) is 10.2 Å². The number of amides is 1. The van der Waals surface area contributed by atoms with E-state index in [1.165, 1.54) is 19.1 Å². The fraction of sp³-hybridized carbons (Fsp3) is 0.263. The number of para-hydroxylation sites is 1. The normalized spacial score (nSPS) is 11.9. The Balaban J connectivity index is 2.08. The van der Waals surface area contributed by atoms with Crippen molar-refractivity contribution < 1.29 is 18.7 Å². The summed E-state index contributed by atoms with van der Waals surface area (Å²) in [4.78, 5) is 24.5. The highest BCUT2D eigenvalue weighted by atomic mass is 79.9. The van der Waals surface area contributed by atoms with Crippen molar-refractivity contribution in [3.05, 3.63) is 63.9 Å². The van der Waals surface area contributed by atoms with Gasteiger partial charge >= 0.3 is 5.97 Å². The van der Waals surface area contributed by atoms with E-state index < -0.39 is 23.8 Å². The number of ether oxygens (including phenoxy) is 1. The molecule has 0 spiro atoms. The maximum absolute atomic E-state index is 13.3. The van der Waals surface area contributed by atoms with Gasteiger partial charge in [0.15, 0.2) is 6.10 Å². The Morgan fingerprint density at radius 3 is 2.48 bits per heavy atom. The Morgan fingerprint density at radius 1 is 1.12 bits per heavy atom. The molecule has 0 aliphatic heterocycles. The molecule has 2 rings (SSSR count). The molecule has 6 heteroatoms. The van der Waals surface area contributed by atoms with Crippen LogP contribution in [0.3, 0.4) is 0 Å². The largest absolute Gasteiger partial charge is 0.449 e. The van der Waals surface area contributed by atoms with E-state index in [0.717, 1.165) is 11.6 Å². The average Bonchev–Trinajstić information content (AvgIpc) is 2.57. The first-order chi connectivity index (χ1) is 11.8. The molecule has 1 atom stereocenters. The molecular formula is C19H19BrFNO3. The first kappa shape index (κ1) is 19.1. The van der Waals surface area contributed by atoms with Crippen molar-refractivity contribution in [2.75, 3.05) is 5.32 Å². The molecule has 0 aliphatic rings. The highest BCUT2D eigenvalue weighted by Crippen LogP contribution is 2.24. The Kier molecular flexibility index (Phi) is 6.31. The summed E-state index contributed by atoms with van der Waals surface area (Å²) in [6.07, 6.45) is -1.03. The molecule has 0 heterocycles. The van der Waals surface area contributed by atoms with E-state index in [-0.39, 0.29) is 11.5 Å². The van der Waals surface area contributed by atoms with Crippen LogP contribution in [-0.4, -0.2) is 18.0 Å². The maximum atomic E-state index is 13.3. The summed E-state index contributed by atoms with van der Waals surface area (Å²) < 4.78 is 18.9. The lowest BCUT2D eigenvalue weighted by atomic mass is 10.0. The smallest absolute Gasteiger partial charge is 0.340 e. The summed E-state index contributed by atoms with van der Waals surface area (Å²) in [5.74, 6) is -1.55. The summed E-state index contributed by atoms with van der Waals surface area (Å²) in [5.41, 5.74) is 1.70. The van der Waals surface area contributed by atoms with Crippen molar-refractivity contribution in [2.24, 2.45) is 0 Å². The molecule has 4 nitrogen and oxygen atoms in total. The lowest BCUT2D eigenvalue weighted by Gasteiger charge is -2.17. The van der Waals surface area contributed by atoms with E-state index in [9.17, 15) is 14.0 Å². The molecule has 0 radical (unpaired) electrons. The maximum Gasteiger partial charge on any atom is 0.340 e. The van der Waals surface area contributed by atoms with Crippen molar-refractivity contribution in [1.82, 2.24) is 0 Å². The van der Waals surface area contributed by atoms with E-state index in [2.05, 4.69) is 21.2 Å². The van der Waals surface area contributed by atoms with E-state index in [1.54, 1.807) is 6.07 Å². The molecule has 0 saturated heterocycles. The Hall–Kier alpha value is -2.21. The van der Waals surface area contributed by atoms with Gasteiger partial charge in [0.2, 0.25) is 0 Å². The molecule has 1 N–H and O–H groups in total. The van der Waals surface area contributed by atoms with Gasteiger partial charge in [-0.1, -0.05) is 32.0 Å². The summed E-state index contributed by atoms with van der Waals surface area (Å²) in [5, 5.41) is 2.77. The second kappa shape index (κ2) is 8.25. The summed E-state index contributed by atoms with van der Waals surface area (Å²) in [7, 11) is 0. The van der Waals surface area contributed by atoms with Gasteiger partial charge in [0.1, 0.15) is 5.82 Å². The second-order valence-electron chi connectivity index (χ2n) is 5.90. The monoisotopic (exact) mass is 407 g/mol. The zero-order valence-electron chi connectivity index (χ0n) is 14.2. The van der Waals surface area contributed by atoms with Gasteiger partial charge in [0, 0.05) is 10.2 Å². The van der Waals surface area contributed by atoms with Crippen LogP contribution in [0.4, 0.5) is 10.1 Å². The van der Waals surface area contributed by atoms with Crippen LogP contribution < -0.4 is 5.32 Å². The van der Waals surface area contributed by atoms with Crippen LogP contribution in [0.2, 0.25) is 0 Å². The average molecular weight is 408 g/mol. The highest BCUT2D eigenvalue weighted by molar-refractivity contribution is 9.10. The van der Waals surface area contributed by atoms with Gasteiger partial charge in [-0.3, -0.25) is 4.79 Å². The number of anilines is 1. The first-order valence-electron chi connectivity index (χ1n) is 7.85. The van der Waals surface area contributed by atoms with Crippen LogP contribution in [0.1, 0.15) is 42.6 Å². The Labute approximate surface area is 154 Å². The SMILES string of the molecule is CC(C)c1ccccc1NC(=O)[C@H](C)OC(=O)c1cc(F)ccc1Br. The van der Waals surface area contributed by atoms with Crippen LogP contribution in [0.15, 0.2) is 46.9 Å². The number of benzene rings is 2. The van der Waals surface area contributed by atoms with Crippen molar-refractivity contribution in [2.45, 2.75) is 32.8 Å². The number of halogens is 2. The highest BCUT2D eigenvalue weighted by Gasteiger charge is 2.22. The lowest BCUT2D eigenvalue weighted by Crippen LogP contribution is -2.30. The van der Waals surface area contributed by atoms with Crippen LogP contribution >= 0.6 is 15.9 Å². The van der Waals surface area contributed by atoms with Gasteiger partial charge in [0.05, 0.1) is 5.56 Å². The number of rotatable bonds is 5. The number of esters is 1. The fourth-order valence-corrected chi connectivity index (χ4v) is 2.69. The third-order valence-corrected chi connectivity index (χ3v) is 4.33. The van der Waals surface area contributed by atoms with Gasteiger partial charge in [0.25, 0.3) is 5.91 Å². The van der Waals surface area contributed by atoms with Gasteiger partial charge < -0.3 is 10.1 Å². The predicted octanol–water partition coefficient (Wildman–Crippen LogP) is 4.90. The number of hydrogen-bond donors (Lipinski definition) is 1. The molecule has 2 aromatic carbocycles. The molecule has 25 heavy (non-hydrogen) atoms. The van der Waals surface area contributed by atoms with Crippen LogP contribution in [0, 0.1) is 5.82 Å². The van der Waals surface area contributed by atoms with Crippen LogP contribution in [-0.2, 0) is 9.53 Å². The molecule has 2 aromatic rings. The zero-order valence-corrected chi connectivity index (χ0v) is 15.8. The fourth-order valence-electron chi connectivity index (χ4n) is 2.28. The summed E-state index contributed by atoms with van der Waals surface area (Å²) >= 11 is 3.17. The first-order valence-corrected chi connectivity index (χ1v) is 8.64. The molecule has 0 aromatic heterocycles. The minimum atomic E-state index is -1.03. The molecule has 132 valence electrons. The second-order valence-corrected chi connectivity index (χ2v) is 6.76. The Bertz CT molecular complexity index is 792. The van der Waals surface area contributed by atoms with Crippen molar-refractivity contribution in [3.8, 4) is 0 Å². The molecule has 0 aliphatic carbocycles. The van der Waals surface area contributed by atoms with Crippen molar-refractivity contribution in [3.63, 3.8) is 0 Å². The third-order valence-electron chi connectivity index (χ3n) is 3.64. The standard InChI is InChI=1S/C19H19BrFNO3/c1-11(2)14-6-4-5-7-17(14)22-18(23)12(3)25-19(24)15-10-13(21)8-9-16(15)20/h4-12H,1-3H3,(H,22,23)/t12-/m0/s1. The molecule has 0 saturated carbocycles. The van der Waals surface area contributed by atoms with Crippen molar-refractivity contribution in [1.29, 1.82) is 0 Å². The Morgan fingerprint density at radius 2 is 1.80 bits per heavy atom. The predicted molar refractivity (Wildman–Crippen MR) is 98.1 cm³/mol. The van der Waals surface area contributed by atoms with Crippen LogP contribution in [0.5, 0.6) is 0 Å². The molecule has 0 fully saturated rings. The van der Waals surface area contributed by atoms with Crippen LogP contribution in [0.25, 0.3) is 0 Å². The topological polar surface area (TPSA) is 55.4 Å². The van der Waals surface area contributed by atoms with Gasteiger partial charge in [-0.25, -0.2) is 9.18 Å². The van der Waals surface area contributed by atoms with Gasteiger partial charge in [-0.2, -0.15) is 0 Å². The molecule has 0 bridgehead atoms. The third kappa shape index (κ3) is 4.89. The van der Waals surface area contributed by atoms with E-state index in [4.69, 9.17) is 4.74 Å².